The average Bonchev–Trinajstić information content (AvgIpc) is 3.19. The van der Waals surface area contributed by atoms with Gasteiger partial charge in [-0.25, -0.2) is 0 Å². The van der Waals surface area contributed by atoms with E-state index in [0.717, 1.165) is 12.8 Å². The lowest BCUT2D eigenvalue weighted by molar-refractivity contribution is -0.127. The fraction of sp³-hybridized carbons (Fsp3) is 0.500. The summed E-state index contributed by atoms with van der Waals surface area (Å²) in [5, 5.41) is 12.6. The van der Waals surface area contributed by atoms with Crippen molar-refractivity contribution in [1.29, 1.82) is 0 Å². The molecular formula is C14H18ClNO3. The maximum atomic E-state index is 11.9. The second kappa shape index (κ2) is 5.80. The molecule has 0 spiro atoms. The van der Waals surface area contributed by atoms with Gasteiger partial charge < -0.3 is 15.2 Å². The minimum atomic E-state index is -0.573. The number of hydrogen-bond donors (Lipinski definition) is 2. The van der Waals surface area contributed by atoms with E-state index in [4.69, 9.17) is 16.3 Å². The molecule has 4 nitrogen and oxygen atoms in total. The van der Waals surface area contributed by atoms with Crippen LogP contribution in [0.1, 0.15) is 19.8 Å². The molecule has 1 amide bonds. The molecule has 1 saturated carbocycles. The summed E-state index contributed by atoms with van der Waals surface area (Å²) < 4.78 is 5.52. The molecule has 0 aromatic heterocycles. The van der Waals surface area contributed by atoms with Gasteiger partial charge in [-0.2, -0.15) is 0 Å². The van der Waals surface area contributed by atoms with E-state index in [1.165, 1.54) is 0 Å². The first-order chi connectivity index (χ1) is 9.04. The molecule has 1 aliphatic rings. The number of benzene rings is 1. The standard InChI is InChI=1S/C14H18ClNO3/c1-10(19-12-4-2-11(15)3-5-12)13(18)16-8-14(9-17)6-7-14/h2-5,10,17H,6-9H2,1H3,(H,16,18). The van der Waals surface area contributed by atoms with Crippen molar-refractivity contribution in [2.75, 3.05) is 13.2 Å². The zero-order valence-electron chi connectivity index (χ0n) is 10.9. The first-order valence-corrected chi connectivity index (χ1v) is 6.73. The van der Waals surface area contributed by atoms with Crippen molar-refractivity contribution >= 4 is 17.5 Å². The van der Waals surface area contributed by atoms with Gasteiger partial charge in [0.15, 0.2) is 6.10 Å². The van der Waals surface area contributed by atoms with Crippen molar-refractivity contribution in [3.8, 4) is 5.75 Å². The van der Waals surface area contributed by atoms with E-state index in [0.29, 0.717) is 17.3 Å². The molecule has 1 atom stereocenters. The molecule has 19 heavy (non-hydrogen) atoms. The predicted molar refractivity (Wildman–Crippen MR) is 73.3 cm³/mol. The maximum Gasteiger partial charge on any atom is 0.260 e. The normalized spacial score (nSPS) is 17.6. The summed E-state index contributed by atoms with van der Waals surface area (Å²) in [4.78, 5) is 11.9. The highest BCUT2D eigenvalue weighted by Crippen LogP contribution is 2.44. The molecule has 1 unspecified atom stereocenters. The highest BCUT2D eigenvalue weighted by atomic mass is 35.5. The molecule has 2 N–H and O–H groups in total. The van der Waals surface area contributed by atoms with Gasteiger partial charge in [0.25, 0.3) is 5.91 Å². The minimum Gasteiger partial charge on any atom is -0.481 e. The van der Waals surface area contributed by atoms with Crippen LogP contribution in [0.2, 0.25) is 5.02 Å². The summed E-state index contributed by atoms with van der Waals surface area (Å²) in [5.74, 6) is 0.435. The Morgan fingerprint density at radius 1 is 1.47 bits per heavy atom. The van der Waals surface area contributed by atoms with E-state index in [1.54, 1.807) is 31.2 Å². The number of rotatable bonds is 6. The summed E-state index contributed by atoms with van der Waals surface area (Å²) in [6.45, 7) is 2.33. The number of halogens is 1. The van der Waals surface area contributed by atoms with Crippen LogP contribution < -0.4 is 10.1 Å². The van der Waals surface area contributed by atoms with E-state index in [9.17, 15) is 9.90 Å². The Morgan fingerprint density at radius 2 is 2.11 bits per heavy atom. The molecule has 1 aliphatic carbocycles. The van der Waals surface area contributed by atoms with Crippen LogP contribution >= 0.6 is 11.6 Å². The Bertz CT molecular complexity index is 443. The van der Waals surface area contributed by atoms with Crippen LogP contribution in [0.5, 0.6) is 5.75 Å². The summed E-state index contributed by atoms with van der Waals surface area (Å²) in [6.07, 6.45) is 1.36. The summed E-state index contributed by atoms with van der Waals surface area (Å²) in [7, 11) is 0. The second-order valence-electron chi connectivity index (χ2n) is 5.09. The molecule has 0 heterocycles. The molecule has 5 heteroatoms. The van der Waals surface area contributed by atoms with Crippen LogP contribution in [-0.2, 0) is 4.79 Å². The Kier molecular flexibility index (Phi) is 4.32. The molecule has 0 aliphatic heterocycles. The van der Waals surface area contributed by atoms with Crippen molar-refractivity contribution in [2.45, 2.75) is 25.9 Å². The van der Waals surface area contributed by atoms with Gasteiger partial charge in [0, 0.05) is 17.0 Å². The topological polar surface area (TPSA) is 58.6 Å². The molecule has 1 fully saturated rings. The Hall–Kier alpha value is -1.26. The lowest BCUT2D eigenvalue weighted by Gasteiger charge is -2.17. The first kappa shape index (κ1) is 14.2. The van der Waals surface area contributed by atoms with Crippen LogP contribution in [-0.4, -0.2) is 30.3 Å². The number of aliphatic hydroxyl groups is 1. The number of aliphatic hydroxyl groups excluding tert-OH is 1. The van der Waals surface area contributed by atoms with Gasteiger partial charge in [-0.3, -0.25) is 4.79 Å². The van der Waals surface area contributed by atoms with Gasteiger partial charge in [0.05, 0.1) is 6.61 Å². The van der Waals surface area contributed by atoms with E-state index >= 15 is 0 Å². The smallest absolute Gasteiger partial charge is 0.260 e. The lowest BCUT2D eigenvalue weighted by Crippen LogP contribution is -2.40. The molecule has 2 rings (SSSR count). The number of hydrogen-bond acceptors (Lipinski definition) is 3. The molecular weight excluding hydrogens is 266 g/mol. The van der Waals surface area contributed by atoms with Gasteiger partial charge in [-0.15, -0.1) is 0 Å². The fourth-order valence-corrected chi connectivity index (χ4v) is 1.88. The molecule has 1 aromatic rings. The molecule has 1 aromatic carbocycles. The molecule has 0 radical (unpaired) electrons. The average molecular weight is 284 g/mol. The van der Waals surface area contributed by atoms with Crippen LogP contribution in [0.25, 0.3) is 0 Å². The van der Waals surface area contributed by atoms with E-state index < -0.39 is 6.10 Å². The third kappa shape index (κ3) is 3.85. The van der Waals surface area contributed by atoms with Crippen LogP contribution in [0, 0.1) is 5.41 Å². The number of nitrogens with one attached hydrogen (secondary N) is 1. The monoisotopic (exact) mass is 283 g/mol. The lowest BCUT2D eigenvalue weighted by atomic mass is 10.1. The van der Waals surface area contributed by atoms with E-state index in [2.05, 4.69) is 5.32 Å². The zero-order valence-corrected chi connectivity index (χ0v) is 11.6. The zero-order chi connectivity index (χ0) is 13.9. The highest BCUT2D eigenvalue weighted by molar-refractivity contribution is 6.30. The number of carbonyl (C=O) groups is 1. The molecule has 104 valence electrons. The van der Waals surface area contributed by atoms with Crippen LogP contribution in [0.4, 0.5) is 0 Å². The van der Waals surface area contributed by atoms with E-state index in [1.807, 2.05) is 0 Å². The Labute approximate surface area is 117 Å². The van der Waals surface area contributed by atoms with Crippen LogP contribution in [0.3, 0.4) is 0 Å². The number of amides is 1. The van der Waals surface area contributed by atoms with Crippen molar-refractivity contribution in [3.05, 3.63) is 29.3 Å². The highest BCUT2D eigenvalue weighted by Gasteiger charge is 2.42. The predicted octanol–water partition coefficient (Wildman–Crippen LogP) is 2.00. The largest absolute Gasteiger partial charge is 0.481 e. The van der Waals surface area contributed by atoms with Gasteiger partial charge >= 0.3 is 0 Å². The summed E-state index contributed by atoms with van der Waals surface area (Å²) in [6, 6.07) is 6.88. The van der Waals surface area contributed by atoms with Gasteiger partial charge in [-0.1, -0.05) is 11.6 Å². The maximum absolute atomic E-state index is 11.9. The van der Waals surface area contributed by atoms with Crippen molar-refractivity contribution < 1.29 is 14.6 Å². The number of ether oxygens (including phenoxy) is 1. The molecule has 0 bridgehead atoms. The number of carbonyl (C=O) groups excluding carboxylic acids is 1. The quantitative estimate of drug-likeness (QED) is 0.839. The summed E-state index contributed by atoms with van der Waals surface area (Å²) in [5.41, 5.74) is -0.0876. The summed E-state index contributed by atoms with van der Waals surface area (Å²) >= 11 is 5.78. The van der Waals surface area contributed by atoms with Crippen molar-refractivity contribution in [1.82, 2.24) is 5.32 Å². The van der Waals surface area contributed by atoms with E-state index in [-0.39, 0.29) is 17.9 Å². The second-order valence-corrected chi connectivity index (χ2v) is 5.53. The molecule has 0 saturated heterocycles. The fourth-order valence-electron chi connectivity index (χ4n) is 1.76. The van der Waals surface area contributed by atoms with Gasteiger partial charge in [-0.05, 0) is 44.0 Å². The van der Waals surface area contributed by atoms with Gasteiger partial charge in [0.2, 0.25) is 0 Å². The Morgan fingerprint density at radius 3 is 2.63 bits per heavy atom. The third-order valence-electron chi connectivity index (χ3n) is 3.43. The third-order valence-corrected chi connectivity index (χ3v) is 3.68. The minimum absolute atomic E-state index is 0.0876. The first-order valence-electron chi connectivity index (χ1n) is 6.35. The van der Waals surface area contributed by atoms with Crippen molar-refractivity contribution in [2.24, 2.45) is 5.41 Å². The van der Waals surface area contributed by atoms with Crippen LogP contribution in [0.15, 0.2) is 24.3 Å². The van der Waals surface area contributed by atoms with Crippen molar-refractivity contribution in [3.63, 3.8) is 0 Å². The van der Waals surface area contributed by atoms with Gasteiger partial charge in [0.1, 0.15) is 5.75 Å². The SMILES string of the molecule is CC(Oc1ccc(Cl)cc1)C(=O)NCC1(CO)CC1. The Balaban J connectivity index is 1.80.